The second-order valence-electron chi connectivity index (χ2n) is 2.99. The van der Waals surface area contributed by atoms with Gasteiger partial charge in [0.15, 0.2) is 0 Å². The Morgan fingerprint density at radius 1 is 1.29 bits per heavy atom. The van der Waals surface area contributed by atoms with Crippen molar-refractivity contribution in [3.63, 3.8) is 0 Å². The summed E-state index contributed by atoms with van der Waals surface area (Å²) in [5.74, 6) is 0. The van der Waals surface area contributed by atoms with E-state index in [-0.39, 0.29) is 0 Å². The topological polar surface area (TPSA) is 41.6 Å². The molecule has 0 spiro atoms. The fraction of sp³-hybridized carbons (Fsp3) is 0.100. The molecule has 0 unspecified atom stereocenters. The first-order chi connectivity index (χ1) is 6.84. The Labute approximate surface area is 86.8 Å². The molecule has 0 bridgehead atoms. The molecule has 0 radical (unpaired) electrons. The maximum atomic E-state index is 4.98. The van der Waals surface area contributed by atoms with Crippen LogP contribution in [0.15, 0.2) is 36.8 Å². The molecule has 2 rings (SSSR count). The van der Waals surface area contributed by atoms with Crippen LogP contribution < -0.4 is 0 Å². The van der Waals surface area contributed by atoms with E-state index >= 15 is 0 Å². The van der Waals surface area contributed by atoms with Gasteiger partial charge in [-0.15, -0.1) is 0 Å². The predicted octanol–water partition coefficient (Wildman–Crippen LogP) is 2.12. The number of nitrogens with zero attached hydrogens (tertiary/aromatic N) is 2. The lowest BCUT2D eigenvalue weighted by Gasteiger charge is -1.99. The van der Waals surface area contributed by atoms with Crippen molar-refractivity contribution in [1.82, 2.24) is 15.2 Å². The fourth-order valence-corrected chi connectivity index (χ4v) is 1.46. The fourth-order valence-electron chi connectivity index (χ4n) is 1.25. The molecule has 0 aliphatic rings. The summed E-state index contributed by atoms with van der Waals surface area (Å²) in [6, 6.07) is 5.87. The third-order valence-corrected chi connectivity index (χ3v) is 2.06. The SMILES string of the molecule is S=c1cc(Cc2cccnc2)cn[nH]1. The van der Waals surface area contributed by atoms with Gasteiger partial charge in [0.25, 0.3) is 0 Å². The van der Waals surface area contributed by atoms with E-state index in [1.165, 1.54) is 0 Å². The Hall–Kier alpha value is -1.55. The first kappa shape index (κ1) is 9.02. The van der Waals surface area contributed by atoms with E-state index in [0.29, 0.717) is 4.64 Å². The van der Waals surface area contributed by atoms with Gasteiger partial charge in [-0.2, -0.15) is 5.10 Å². The largest absolute Gasteiger partial charge is 0.268 e. The predicted molar refractivity (Wildman–Crippen MR) is 56.5 cm³/mol. The summed E-state index contributed by atoms with van der Waals surface area (Å²) in [6.07, 6.45) is 6.21. The van der Waals surface area contributed by atoms with Gasteiger partial charge in [-0.3, -0.25) is 10.1 Å². The van der Waals surface area contributed by atoms with Crippen LogP contribution in [0.5, 0.6) is 0 Å². The zero-order chi connectivity index (χ0) is 9.80. The van der Waals surface area contributed by atoms with Crippen molar-refractivity contribution in [3.05, 3.63) is 52.6 Å². The number of aromatic nitrogens is 3. The molecule has 0 saturated heterocycles. The minimum atomic E-state index is 0.659. The average molecular weight is 203 g/mol. The molecule has 0 aromatic carbocycles. The number of pyridine rings is 1. The quantitative estimate of drug-likeness (QED) is 0.760. The molecular formula is C10H9N3S. The minimum Gasteiger partial charge on any atom is -0.268 e. The molecule has 4 heteroatoms. The van der Waals surface area contributed by atoms with Gasteiger partial charge in [0.2, 0.25) is 0 Å². The van der Waals surface area contributed by atoms with Crippen molar-refractivity contribution in [2.75, 3.05) is 0 Å². The van der Waals surface area contributed by atoms with Gasteiger partial charge in [0, 0.05) is 18.8 Å². The first-order valence-corrected chi connectivity index (χ1v) is 4.68. The first-order valence-electron chi connectivity index (χ1n) is 4.27. The summed E-state index contributed by atoms with van der Waals surface area (Å²) < 4.78 is 0.659. The molecule has 14 heavy (non-hydrogen) atoms. The van der Waals surface area contributed by atoms with Gasteiger partial charge >= 0.3 is 0 Å². The van der Waals surface area contributed by atoms with E-state index in [0.717, 1.165) is 17.5 Å². The molecule has 0 saturated carbocycles. The maximum Gasteiger partial charge on any atom is 0.119 e. The smallest absolute Gasteiger partial charge is 0.119 e. The Morgan fingerprint density at radius 2 is 2.21 bits per heavy atom. The summed E-state index contributed by atoms with van der Waals surface area (Å²) in [5, 5.41) is 6.64. The Kier molecular flexibility index (Phi) is 2.65. The zero-order valence-electron chi connectivity index (χ0n) is 7.47. The molecular weight excluding hydrogens is 194 g/mol. The normalized spacial score (nSPS) is 10.0. The second-order valence-corrected chi connectivity index (χ2v) is 3.43. The van der Waals surface area contributed by atoms with Crippen molar-refractivity contribution >= 4 is 12.2 Å². The summed E-state index contributed by atoms with van der Waals surface area (Å²) in [4.78, 5) is 4.05. The number of hydrogen-bond acceptors (Lipinski definition) is 3. The van der Waals surface area contributed by atoms with Gasteiger partial charge in [0.05, 0.1) is 6.20 Å². The third-order valence-electron chi connectivity index (χ3n) is 1.85. The molecule has 0 aliphatic heterocycles. The van der Waals surface area contributed by atoms with Gasteiger partial charge in [-0.05, 0) is 23.3 Å². The van der Waals surface area contributed by atoms with E-state index < -0.39 is 0 Å². The van der Waals surface area contributed by atoms with Crippen LogP contribution >= 0.6 is 12.2 Å². The molecule has 0 aliphatic carbocycles. The van der Waals surface area contributed by atoms with Crippen LogP contribution in [-0.4, -0.2) is 15.2 Å². The Bertz CT molecular complexity index is 464. The Morgan fingerprint density at radius 3 is 2.93 bits per heavy atom. The van der Waals surface area contributed by atoms with E-state index in [9.17, 15) is 0 Å². The van der Waals surface area contributed by atoms with Gasteiger partial charge in [-0.1, -0.05) is 18.3 Å². The molecule has 2 heterocycles. The highest BCUT2D eigenvalue weighted by atomic mass is 32.1. The van der Waals surface area contributed by atoms with Crippen LogP contribution in [-0.2, 0) is 6.42 Å². The van der Waals surface area contributed by atoms with Gasteiger partial charge in [0.1, 0.15) is 4.64 Å². The number of aromatic amines is 1. The molecule has 3 nitrogen and oxygen atoms in total. The van der Waals surface area contributed by atoms with Crippen molar-refractivity contribution in [1.29, 1.82) is 0 Å². The lowest BCUT2D eigenvalue weighted by atomic mass is 10.1. The summed E-state index contributed by atoms with van der Waals surface area (Å²) in [5.41, 5.74) is 2.26. The summed E-state index contributed by atoms with van der Waals surface area (Å²) in [6.45, 7) is 0. The third kappa shape index (κ3) is 2.23. The minimum absolute atomic E-state index is 0.659. The number of hydrogen-bond donors (Lipinski definition) is 1. The van der Waals surface area contributed by atoms with E-state index in [1.54, 1.807) is 12.4 Å². The van der Waals surface area contributed by atoms with Crippen molar-refractivity contribution < 1.29 is 0 Å². The van der Waals surface area contributed by atoms with Crippen LogP contribution in [0, 0.1) is 4.64 Å². The molecule has 0 fully saturated rings. The average Bonchev–Trinajstić information content (AvgIpc) is 2.19. The maximum absolute atomic E-state index is 4.98. The lowest BCUT2D eigenvalue weighted by Crippen LogP contribution is -1.91. The highest BCUT2D eigenvalue weighted by molar-refractivity contribution is 7.71. The highest BCUT2D eigenvalue weighted by Gasteiger charge is 1.95. The molecule has 1 N–H and O–H groups in total. The molecule has 0 atom stereocenters. The monoisotopic (exact) mass is 203 g/mol. The van der Waals surface area contributed by atoms with Crippen molar-refractivity contribution in [3.8, 4) is 0 Å². The van der Waals surface area contributed by atoms with E-state index in [1.807, 2.05) is 24.4 Å². The second kappa shape index (κ2) is 4.11. The number of rotatable bonds is 2. The zero-order valence-corrected chi connectivity index (χ0v) is 8.29. The van der Waals surface area contributed by atoms with Crippen molar-refractivity contribution in [2.45, 2.75) is 6.42 Å². The van der Waals surface area contributed by atoms with Crippen LogP contribution in [0.3, 0.4) is 0 Å². The lowest BCUT2D eigenvalue weighted by molar-refractivity contribution is 0.978. The Balaban J connectivity index is 2.24. The van der Waals surface area contributed by atoms with E-state index in [4.69, 9.17) is 12.2 Å². The molecule has 2 aromatic rings. The summed E-state index contributed by atoms with van der Waals surface area (Å²) in [7, 11) is 0. The number of H-pyrrole nitrogens is 1. The van der Waals surface area contributed by atoms with Crippen LogP contribution in [0.1, 0.15) is 11.1 Å². The van der Waals surface area contributed by atoms with Crippen LogP contribution in [0.2, 0.25) is 0 Å². The summed E-state index contributed by atoms with van der Waals surface area (Å²) >= 11 is 4.98. The van der Waals surface area contributed by atoms with Crippen LogP contribution in [0.25, 0.3) is 0 Å². The molecule has 0 amide bonds. The molecule has 2 aromatic heterocycles. The highest BCUT2D eigenvalue weighted by Crippen LogP contribution is 2.05. The van der Waals surface area contributed by atoms with Gasteiger partial charge in [-0.25, -0.2) is 0 Å². The van der Waals surface area contributed by atoms with Gasteiger partial charge < -0.3 is 0 Å². The molecule has 70 valence electrons. The number of nitrogens with one attached hydrogen (secondary N) is 1. The van der Waals surface area contributed by atoms with E-state index in [2.05, 4.69) is 15.2 Å². The van der Waals surface area contributed by atoms with Crippen LogP contribution in [0.4, 0.5) is 0 Å². The standard InChI is InChI=1S/C10H9N3S/c14-10-5-9(7-12-13-10)4-8-2-1-3-11-6-8/h1-3,5-7H,4H2,(H,13,14). The van der Waals surface area contributed by atoms with Crippen molar-refractivity contribution in [2.24, 2.45) is 0 Å².